The fraction of sp³-hybridized carbons (Fsp3) is 0.818. The Bertz CT molecular complexity index is 452. The summed E-state index contributed by atoms with van der Waals surface area (Å²) in [6.45, 7) is 6.09. The molecule has 0 atom stereocenters. The first-order chi connectivity index (χ1) is 8.73. The molecule has 1 aliphatic rings. The lowest BCUT2D eigenvalue weighted by atomic mass is 10.1. The van der Waals surface area contributed by atoms with Crippen molar-refractivity contribution in [1.29, 1.82) is 0 Å². The molecule has 8 heteroatoms. The summed E-state index contributed by atoms with van der Waals surface area (Å²) in [4.78, 5) is 2.08. The topological polar surface area (TPSA) is 46.0 Å². The van der Waals surface area contributed by atoms with Gasteiger partial charge in [0.15, 0.2) is 0 Å². The lowest BCUT2D eigenvalue weighted by molar-refractivity contribution is -0.148. The third kappa shape index (κ3) is 3.06. The summed E-state index contributed by atoms with van der Waals surface area (Å²) in [6.07, 6.45) is -4.43. The van der Waals surface area contributed by atoms with Crippen LogP contribution in [0.1, 0.15) is 25.5 Å². The summed E-state index contributed by atoms with van der Waals surface area (Å²) in [6, 6.07) is 0. The zero-order chi connectivity index (χ0) is 14.3. The largest absolute Gasteiger partial charge is 0.451 e. The first-order valence-electron chi connectivity index (χ1n) is 6.13. The molecule has 0 amide bonds. The fourth-order valence-corrected chi connectivity index (χ4v) is 2.19. The normalized spacial score (nSPS) is 17.6. The van der Waals surface area contributed by atoms with Crippen LogP contribution < -0.4 is 5.32 Å². The molecule has 0 spiro atoms. The van der Waals surface area contributed by atoms with Crippen molar-refractivity contribution in [1.82, 2.24) is 25.0 Å². The van der Waals surface area contributed by atoms with E-state index in [-0.39, 0.29) is 12.1 Å². The van der Waals surface area contributed by atoms with Crippen LogP contribution in [-0.4, -0.2) is 45.3 Å². The number of halogens is 3. The molecule has 1 N–H and O–H groups in total. The average molecular weight is 277 g/mol. The second-order valence-corrected chi connectivity index (χ2v) is 5.43. The van der Waals surface area contributed by atoms with Crippen molar-refractivity contribution in [3.63, 3.8) is 0 Å². The third-order valence-corrected chi connectivity index (χ3v) is 3.38. The van der Waals surface area contributed by atoms with Gasteiger partial charge in [-0.2, -0.15) is 13.2 Å². The van der Waals surface area contributed by atoms with Crippen LogP contribution in [0.3, 0.4) is 0 Å². The maximum absolute atomic E-state index is 12.7. The number of hydrogen-bond acceptors (Lipinski definition) is 4. The van der Waals surface area contributed by atoms with Crippen molar-refractivity contribution in [2.45, 2.75) is 38.7 Å². The van der Waals surface area contributed by atoms with Crippen LogP contribution in [-0.2, 0) is 19.3 Å². The molecule has 19 heavy (non-hydrogen) atoms. The van der Waals surface area contributed by atoms with Gasteiger partial charge in [-0.05, 0) is 20.9 Å². The van der Waals surface area contributed by atoms with E-state index >= 15 is 0 Å². The Morgan fingerprint density at radius 2 is 1.89 bits per heavy atom. The number of likely N-dealkylation sites (N-methyl/N-ethyl adjacent to an activating group) is 1. The van der Waals surface area contributed by atoms with Gasteiger partial charge in [0.2, 0.25) is 5.82 Å². The smallest absolute Gasteiger partial charge is 0.314 e. The van der Waals surface area contributed by atoms with E-state index in [1.807, 2.05) is 20.9 Å². The number of nitrogens with one attached hydrogen (secondary N) is 1. The Morgan fingerprint density at radius 3 is 2.47 bits per heavy atom. The molecular formula is C11H18F3N5. The van der Waals surface area contributed by atoms with E-state index in [4.69, 9.17) is 0 Å². The Kier molecular flexibility index (Phi) is 3.57. The molecule has 0 fully saturated rings. The Labute approximate surface area is 109 Å². The fourth-order valence-electron chi connectivity index (χ4n) is 2.19. The molecule has 1 aliphatic heterocycles. The molecule has 0 unspecified atom stereocenters. The standard InChI is InChI=1S/C11H18F3N5/c1-10(2,15-3)7-18-4-5-19-8(6-18)16-17-9(19)11(12,13)14/h15H,4-7H2,1-3H3. The van der Waals surface area contributed by atoms with Gasteiger partial charge in [0.05, 0.1) is 6.54 Å². The van der Waals surface area contributed by atoms with Gasteiger partial charge in [-0.15, -0.1) is 10.2 Å². The minimum absolute atomic E-state index is 0.0882. The molecule has 1 aromatic rings. The zero-order valence-electron chi connectivity index (χ0n) is 11.3. The summed E-state index contributed by atoms with van der Waals surface area (Å²) in [5, 5.41) is 10.1. The highest BCUT2D eigenvalue weighted by molar-refractivity contribution is 5.02. The number of alkyl halides is 3. The van der Waals surface area contributed by atoms with E-state index in [1.54, 1.807) is 0 Å². The minimum atomic E-state index is -4.43. The molecule has 0 saturated carbocycles. The second kappa shape index (κ2) is 4.75. The average Bonchev–Trinajstić information content (AvgIpc) is 2.71. The van der Waals surface area contributed by atoms with Gasteiger partial charge >= 0.3 is 6.18 Å². The number of aromatic nitrogens is 3. The molecule has 2 rings (SSSR count). The van der Waals surface area contributed by atoms with Gasteiger partial charge in [0, 0.05) is 25.2 Å². The van der Waals surface area contributed by atoms with E-state index in [2.05, 4.69) is 20.4 Å². The van der Waals surface area contributed by atoms with Crippen LogP contribution in [0.2, 0.25) is 0 Å². The second-order valence-electron chi connectivity index (χ2n) is 5.43. The summed E-state index contributed by atoms with van der Waals surface area (Å²) >= 11 is 0. The van der Waals surface area contributed by atoms with E-state index in [1.165, 1.54) is 4.57 Å². The van der Waals surface area contributed by atoms with E-state index in [9.17, 15) is 13.2 Å². The van der Waals surface area contributed by atoms with Gasteiger partial charge < -0.3 is 9.88 Å². The van der Waals surface area contributed by atoms with Crippen LogP contribution in [0.25, 0.3) is 0 Å². The number of fused-ring (bicyclic) bond motifs is 1. The molecule has 108 valence electrons. The van der Waals surface area contributed by atoms with Crippen molar-refractivity contribution >= 4 is 0 Å². The lowest BCUT2D eigenvalue weighted by Gasteiger charge is -2.34. The Morgan fingerprint density at radius 1 is 1.21 bits per heavy atom. The maximum atomic E-state index is 12.7. The van der Waals surface area contributed by atoms with Gasteiger partial charge in [0.1, 0.15) is 5.82 Å². The van der Waals surface area contributed by atoms with Crippen LogP contribution >= 0.6 is 0 Å². The lowest BCUT2D eigenvalue weighted by Crippen LogP contribution is -2.49. The van der Waals surface area contributed by atoms with E-state index in [0.29, 0.717) is 18.9 Å². The van der Waals surface area contributed by atoms with Crippen molar-refractivity contribution in [2.24, 2.45) is 0 Å². The zero-order valence-corrected chi connectivity index (χ0v) is 11.3. The third-order valence-electron chi connectivity index (χ3n) is 3.38. The van der Waals surface area contributed by atoms with E-state index in [0.717, 1.165) is 6.54 Å². The first-order valence-corrected chi connectivity index (χ1v) is 6.13. The molecule has 0 aliphatic carbocycles. The van der Waals surface area contributed by atoms with Crippen molar-refractivity contribution in [3.8, 4) is 0 Å². The molecule has 5 nitrogen and oxygen atoms in total. The quantitative estimate of drug-likeness (QED) is 0.899. The first kappa shape index (κ1) is 14.3. The minimum Gasteiger partial charge on any atom is -0.314 e. The predicted molar refractivity (Wildman–Crippen MR) is 63.4 cm³/mol. The van der Waals surface area contributed by atoms with Crippen molar-refractivity contribution < 1.29 is 13.2 Å². The Hall–Kier alpha value is -1.15. The molecule has 0 radical (unpaired) electrons. The molecule has 2 heterocycles. The molecular weight excluding hydrogens is 259 g/mol. The number of hydrogen-bond donors (Lipinski definition) is 1. The summed E-state index contributed by atoms with van der Waals surface area (Å²) in [7, 11) is 1.87. The monoisotopic (exact) mass is 277 g/mol. The van der Waals surface area contributed by atoms with Crippen LogP contribution in [0.15, 0.2) is 0 Å². The highest BCUT2D eigenvalue weighted by Gasteiger charge is 2.39. The molecule has 1 aromatic heterocycles. The molecule has 0 aromatic carbocycles. The van der Waals surface area contributed by atoms with Gasteiger partial charge in [-0.3, -0.25) is 4.90 Å². The number of rotatable bonds is 3. The predicted octanol–water partition coefficient (Wildman–Crippen LogP) is 1.11. The molecule has 0 saturated heterocycles. The molecule has 0 bridgehead atoms. The van der Waals surface area contributed by atoms with Crippen LogP contribution in [0.5, 0.6) is 0 Å². The maximum Gasteiger partial charge on any atom is 0.451 e. The van der Waals surface area contributed by atoms with Gasteiger partial charge in [-0.1, -0.05) is 0 Å². The van der Waals surface area contributed by atoms with Crippen molar-refractivity contribution in [2.75, 3.05) is 20.1 Å². The number of nitrogens with zero attached hydrogens (tertiary/aromatic N) is 4. The van der Waals surface area contributed by atoms with Gasteiger partial charge in [0.25, 0.3) is 0 Å². The van der Waals surface area contributed by atoms with Gasteiger partial charge in [-0.25, -0.2) is 0 Å². The van der Waals surface area contributed by atoms with Crippen molar-refractivity contribution in [3.05, 3.63) is 11.6 Å². The SMILES string of the molecule is CNC(C)(C)CN1CCn2c(nnc2C(F)(F)F)C1. The highest BCUT2D eigenvalue weighted by Crippen LogP contribution is 2.29. The summed E-state index contributed by atoms with van der Waals surface area (Å²) in [5.74, 6) is -0.513. The Balaban J connectivity index is 2.12. The van der Waals surface area contributed by atoms with Crippen LogP contribution in [0, 0.1) is 0 Å². The summed E-state index contributed by atoms with van der Waals surface area (Å²) < 4.78 is 39.2. The van der Waals surface area contributed by atoms with Crippen LogP contribution in [0.4, 0.5) is 13.2 Å². The highest BCUT2D eigenvalue weighted by atomic mass is 19.4. The van der Waals surface area contributed by atoms with E-state index < -0.39 is 12.0 Å². The summed E-state index contributed by atoms with van der Waals surface area (Å²) in [5.41, 5.74) is -0.0882.